The number of nitrogens with one attached hydrogen (secondary N) is 1. The van der Waals surface area contributed by atoms with E-state index in [1.807, 2.05) is 31.2 Å². The van der Waals surface area contributed by atoms with Crippen LogP contribution in [0.15, 0.2) is 53.4 Å². The van der Waals surface area contributed by atoms with E-state index < -0.39 is 37.0 Å². The van der Waals surface area contributed by atoms with Crippen LogP contribution in [0.5, 0.6) is 0 Å². The van der Waals surface area contributed by atoms with Crippen molar-refractivity contribution < 1.29 is 27.5 Å². The van der Waals surface area contributed by atoms with E-state index in [0.717, 1.165) is 15.0 Å². The van der Waals surface area contributed by atoms with Crippen molar-refractivity contribution in [1.29, 1.82) is 0 Å². The van der Waals surface area contributed by atoms with Crippen LogP contribution in [0.3, 0.4) is 0 Å². The second-order valence-electron chi connectivity index (χ2n) is 6.68. The topological polar surface area (TPSA) is 73.2 Å². The Bertz CT molecular complexity index is 1070. The minimum absolute atomic E-state index is 0.117. The SMILES string of the molecule is Cc1ccc(SCCNC(=O)COC(=O)Cn2c(C(F)(F)F)nc3ccccc32)cc1. The number of benzene rings is 2. The molecule has 1 heterocycles. The van der Waals surface area contributed by atoms with Crippen LogP contribution in [-0.2, 0) is 27.0 Å². The van der Waals surface area contributed by atoms with Gasteiger partial charge in [-0.3, -0.25) is 9.59 Å². The van der Waals surface area contributed by atoms with Gasteiger partial charge in [-0.15, -0.1) is 11.8 Å². The third-order valence-corrected chi connectivity index (χ3v) is 5.29. The Morgan fingerprint density at radius 2 is 1.84 bits per heavy atom. The molecule has 0 atom stereocenters. The molecule has 0 spiro atoms. The third-order valence-electron chi connectivity index (χ3n) is 4.27. The molecule has 164 valence electrons. The molecule has 0 saturated heterocycles. The van der Waals surface area contributed by atoms with Crippen LogP contribution < -0.4 is 5.32 Å². The maximum Gasteiger partial charge on any atom is 0.449 e. The van der Waals surface area contributed by atoms with Gasteiger partial charge in [-0.05, 0) is 31.2 Å². The highest BCUT2D eigenvalue weighted by molar-refractivity contribution is 7.99. The van der Waals surface area contributed by atoms with E-state index in [1.54, 1.807) is 23.9 Å². The zero-order chi connectivity index (χ0) is 22.4. The van der Waals surface area contributed by atoms with Gasteiger partial charge in [-0.2, -0.15) is 13.2 Å². The lowest BCUT2D eigenvalue weighted by atomic mass is 10.2. The zero-order valence-corrected chi connectivity index (χ0v) is 17.4. The predicted octanol–water partition coefficient (Wildman–Crippen LogP) is 3.82. The number of thioether (sulfide) groups is 1. The quantitative estimate of drug-likeness (QED) is 0.320. The molecule has 0 aliphatic heterocycles. The first kappa shape index (κ1) is 22.7. The fraction of sp³-hybridized carbons (Fsp3) is 0.286. The Labute approximate surface area is 180 Å². The maximum absolute atomic E-state index is 13.3. The molecule has 3 aromatic rings. The van der Waals surface area contributed by atoms with Crippen LogP contribution in [0.1, 0.15) is 11.4 Å². The number of imidazole rings is 1. The number of para-hydroxylation sites is 2. The summed E-state index contributed by atoms with van der Waals surface area (Å²) in [6.07, 6.45) is -4.73. The Hall–Kier alpha value is -3.01. The summed E-state index contributed by atoms with van der Waals surface area (Å²) < 4.78 is 45.4. The summed E-state index contributed by atoms with van der Waals surface area (Å²) in [6, 6.07) is 13.9. The van der Waals surface area contributed by atoms with Gasteiger partial charge < -0.3 is 14.6 Å². The standard InChI is InChI=1S/C21H20F3N3O3S/c1-14-6-8-15(9-7-14)31-11-10-25-18(28)13-30-19(29)12-27-17-5-3-2-4-16(17)26-20(27)21(22,23)24/h2-9H,10-13H2,1H3,(H,25,28). The highest BCUT2D eigenvalue weighted by Crippen LogP contribution is 2.31. The number of ether oxygens (including phenoxy) is 1. The van der Waals surface area contributed by atoms with Gasteiger partial charge in [0.2, 0.25) is 5.82 Å². The minimum atomic E-state index is -4.73. The summed E-state index contributed by atoms with van der Waals surface area (Å²) in [4.78, 5) is 28.5. The van der Waals surface area contributed by atoms with Crippen molar-refractivity contribution in [3.05, 3.63) is 59.9 Å². The number of nitrogens with zero attached hydrogens (tertiary/aromatic N) is 2. The molecule has 6 nitrogen and oxygen atoms in total. The Kier molecular flexibility index (Phi) is 7.21. The highest BCUT2D eigenvalue weighted by atomic mass is 32.2. The number of aryl methyl sites for hydroxylation is 1. The van der Waals surface area contributed by atoms with Crippen molar-refractivity contribution in [1.82, 2.24) is 14.9 Å². The number of hydrogen-bond acceptors (Lipinski definition) is 5. The molecule has 0 saturated carbocycles. The summed E-state index contributed by atoms with van der Waals surface area (Å²) in [5.74, 6) is -2.05. The Balaban J connectivity index is 1.48. The minimum Gasteiger partial charge on any atom is -0.454 e. The van der Waals surface area contributed by atoms with E-state index >= 15 is 0 Å². The van der Waals surface area contributed by atoms with Crippen LogP contribution in [0.2, 0.25) is 0 Å². The lowest BCUT2D eigenvalue weighted by molar-refractivity contribution is -0.153. The number of carbonyl (C=O) groups is 2. The van der Waals surface area contributed by atoms with Gasteiger partial charge in [-0.25, -0.2) is 4.98 Å². The summed E-state index contributed by atoms with van der Waals surface area (Å²) in [5, 5.41) is 2.61. The third kappa shape index (κ3) is 6.24. The van der Waals surface area contributed by atoms with Crippen molar-refractivity contribution >= 4 is 34.7 Å². The number of alkyl halides is 3. The number of amides is 1. The fourth-order valence-electron chi connectivity index (χ4n) is 2.82. The van der Waals surface area contributed by atoms with Crippen molar-refractivity contribution in [2.75, 3.05) is 18.9 Å². The molecule has 0 unspecified atom stereocenters. The molecular weight excluding hydrogens is 431 g/mol. The van der Waals surface area contributed by atoms with E-state index in [2.05, 4.69) is 10.3 Å². The van der Waals surface area contributed by atoms with Crippen molar-refractivity contribution in [2.24, 2.45) is 0 Å². The van der Waals surface area contributed by atoms with Gasteiger partial charge in [0, 0.05) is 17.2 Å². The second kappa shape index (κ2) is 9.86. The zero-order valence-electron chi connectivity index (χ0n) is 16.6. The number of aromatic nitrogens is 2. The number of hydrogen-bond donors (Lipinski definition) is 1. The van der Waals surface area contributed by atoms with E-state index in [4.69, 9.17) is 4.74 Å². The molecule has 1 amide bonds. The maximum atomic E-state index is 13.3. The van der Waals surface area contributed by atoms with Gasteiger partial charge in [0.25, 0.3) is 5.91 Å². The predicted molar refractivity (Wildman–Crippen MR) is 111 cm³/mol. The number of rotatable bonds is 8. The molecule has 2 aromatic carbocycles. The van der Waals surface area contributed by atoms with Crippen molar-refractivity contribution in [2.45, 2.75) is 24.5 Å². The number of esters is 1. The number of halogens is 3. The molecule has 1 aromatic heterocycles. The smallest absolute Gasteiger partial charge is 0.449 e. The first-order valence-electron chi connectivity index (χ1n) is 9.38. The fourth-order valence-corrected chi connectivity index (χ4v) is 3.59. The largest absolute Gasteiger partial charge is 0.454 e. The Morgan fingerprint density at radius 3 is 2.55 bits per heavy atom. The van der Waals surface area contributed by atoms with Gasteiger partial charge in [0.05, 0.1) is 11.0 Å². The van der Waals surface area contributed by atoms with Crippen LogP contribution in [-0.4, -0.2) is 40.3 Å². The Morgan fingerprint density at radius 1 is 1.13 bits per heavy atom. The van der Waals surface area contributed by atoms with Gasteiger partial charge >= 0.3 is 12.1 Å². The summed E-state index contributed by atoms with van der Waals surface area (Å²) in [5.41, 5.74) is 1.43. The lowest BCUT2D eigenvalue weighted by Gasteiger charge is -2.11. The molecule has 0 aliphatic carbocycles. The molecular formula is C21H20F3N3O3S. The van der Waals surface area contributed by atoms with Crippen LogP contribution in [0, 0.1) is 6.92 Å². The summed E-state index contributed by atoms with van der Waals surface area (Å²) >= 11 is 1.56. The highest BCUT2D eigenvalue weighted by Gasteiger charge is 2.38. The molecule has 10 heteroatoms. The molecule has 31 heavy (non-hydrogen) atoms. The number of carbonyl (C=O) groups excluding carboxylic acids is 2. The molecule has 0 radical (unpaired) electrons. The lowest BCUT2D eigenvalue weighted by Crippen LogP contribution is -2.31. The van der Waals surface area contributed by atoms with Gasteiger partial charge in [0.15, 0.2) is 6.61 Å². The van der Waals surface area contributed by atoms with Crippen LogP contribution in [0.4, 0.5) is 13.2 Å². The van der Waals surface area contributed by atoms with E-state index in [9.17, 15) is 22.8 Å². The molecule has 1 N–H and O–H groups in total. The summed E-state index contributed by atoms with van der Waals surface area (Å²) in [7, 11) is 0. The van der Waals surface area contributed by atoms with E-state index in [-0.39, 0.29) is 11.0 Å². The monoisotopic (exact) mass is 451 g/mol. The van der Waals surface area contributed by atoms with Crippen LogP contribution in [0.25, 0.3) is 11.0 Å². The van der Waals surface area contributed by atoms with Crippen LogP contribution >= 0.6 is 11.8 Å². The average Bonchev–Trinajstić information content (AvgIpc) is 3.10. The molecule has 0 bridgehead atoms. The van der Waals surface area contributed by atoms with E-state index in [1.165, 1.54) is 12.1 Å². The number of fused-ring (bicyclic) bond motifs is 1. The molecule has 3 rings (SSSR count). The average molecular weight is 451 g/mol. The first-order chi connectivity index (χ1) is 14.7. The summed E-state index contributed by atoms with van der Waals surface area (Å²) in [6.45, 7) is 1.09. The molecule has 0 aliphatic rings. The van der Waals surface area contributed by atoms with Crippen molar-refractivity contribution in [3.63, 3.8) is 0 Å². The molecule has 0 fully saturated rings. The van der Waals surface area contributed by atoms with Gasteiger partial charge in [-0.1, -0.05) is 29.8 Å². The van der Waals surface area contributed by atoms with E-state index in [0.29, 0.717) is 12.3 Å². The first-order valence-corrected chi connectivity index (χ1v) is 10.4. The van der Waals surface area contributed by atoms with Gasteiger partial charge in [0.1, 0.15) is 6.54 Å². The normalized spacial score (nSPS) is 11.5. The second-order valence-corrected chi connectivity index (χ2v) is 7.85. The van der Waals surface area contributed by atoms with Crippen molar-refractivity contribution in [3.8, 4) is 0 Å².